The molecule has 9 nitrogen and oxygen atoms in total. The predicted molar refractivity (Wildman–Crippen MR) is 65.8 cm³/mol. The number of nitrogens with one attached hydrogen (secondary N) is 1. The Morgan fingerprint density at radius 1 is 1.50 bits per heavy atom. The number of hydrogen-bond acceptors (Lipinski definition) is 5. The minimum Gasteiger partial charge on any atom is -0.480 e. The molecule has 0 saturated carbocycles. The van der Waals surface area contributed by atoms with E-state index in [-0.39, 0.29) is 18.1 Å². The summed E-state index contributed by atoms with van der Waals surface area (Å²) in [6.45, 7) is 0.113. The number of carboxylic acid groups (broad SMARTS) is 1. The van der Waals surface area contributed by atoms with Crippen molar-refractivity contribution in [2.75, 3.05) is 13.6 Å². The molecular formula is C11H15N5O4. The molecule has 2 rings (SSSR count). The van der Waals surface area contributed by atoms with Crippen LogP contribution in [0.4, 0.5) is 0 Å². The summed E-state index contributed by atoms with van der Waals surface area (Å²) in [5.41, 5.74) is 0.0436. The minimum absolute atomic E-state index is 0.0436. The van der Waals surface area contributed by atoms with Crippen molar-refractivity contribution in [2.45, 2.75) is 25.4 Å². The zero-order valence-corrected chi connectivity index (χ0v) is 10.9. The Bertz CT molecular complexity index is 541. The normalized spacial score (nSPS) is 18.1. The van der Waals surface area contributed by atoms with E-state index in [1.54, 1.807) is 0 Å². The molecule has 1 fully saturated rings. The third kappa shape index (κ3) is 2.76. The van der Waals surface area contributed by atoms with E-state index in [0.717, 1.165) is 11.1 Å². The monoisotopic (exact) mass is 281 g/mol. The number of carbonyl (C=O) groups excluding carboxylic acids is 2. The number of carboxylic acids is 1. The Hall–Kier alpha value is -2.45. The van der Waals surface area contributed by atoms with Gasteiger partial charge in [-0.05, 0) is 12.8 Å². The molecule has 1 aliphatic heterocycles. The standard InChI is InChI=1S/C11H15N5O4/c1-12-10(19)8-3-2-4-16(8)11(20)7-5-15(14-13-7)6-9(17)18/h5,8H,2-4,6H2,1H3,(H,12,19)(H,17,18). The van der Waals surface area contributed by atoms with E-state index in [1.165, 1.54) is 18.1 Å². The molecule has 0 bridgehead atoms. The summed E-state index contributed by atoms with van der Waals surface area (Å²) in [4.78, 5) is 35.9. The molecule has 0 radical (unpaired) electrons. The summed E-state index contributed by atoms with van der Waals surface area (Å²) in [7, 11) is 1.52. The van der Waals surface area contributed by atoms with Gasteiger partial charge in [-0.2, -0.15) is 0 Å². The van der Waals surface area contributed by atoms with Gasteiger partial charge in [-0.25, -0.2) is 4.68 Å². The Morgan fingerprint density at radius 3 is 2.90 bits per heavy atom. The van der Waals surface area contributed by atoms with E-state index in [0.29, 0.717) is 13.0 Å². The Labute approximate surface area is 114 Å². The first-order chi connectivity index (χ1) is 9.52. The number of rotatable bonds is 4. The van der Waals surface area contributed by atoms with Gasteiger partial charge in [-0.3, -0.25) is 14.4 Å². The van der Waals surface area contributed by atoms with Crippen molar-refractivity contribution in [1.29, 1.82) is 0 Å². The van der Waals surface area contributed by atoms with E-state index in [9.17, 15) is 14.4 Å². The van der Waals surface area contributed by atoms with Gasteiger partial charge in [0.1, 0.15) is 12.6 Å². The highest BCUT2D eigenvalue weighted by Crippen LogP contribution is 2.19. The maximum absolute atomic E-state index is 12.3. The lowest BCUT2D eigenvalue weighted by Gasteiger charge is -2.22. The average molecular weight is 281 g/mol. The fourth-order valence-electron chi connectivity index (χ4n) is 2.21. The molecule has 1 aromatic heterocycles. The van der Waals surface area contributed by atoms with Crippen LogP contribution in [0.25, 0.3) is 0 Å². The van der Waals surface area contributed by atoms with Gasteiger partial charge in [0.2, 0.25) is 5.91 Å². The Balaban J connectivity index is 2.12. The molecular weight excluding hydrogens is 266 g/mol. The third-order valence-electron chi connectivity index (χ3n) is 3.12. The average Bonchev–Trinajstić information content (AvgIpc) is 3.04. The fraction of sp³-hybridized carbons (Fsp3) is 0.545. The minimum atomic E-state index is -1.07. The number of likely N-dealkylation sites (N-methyl/N-ethyl adjacent to an activating group) is 1. The molecule has 2 N–H and O–H groups in total. The van der Waals surface area contributed by atoms with Crippen LogP contribution in [0, 0.1) is 0 Å². The maximum atomic E-state index is 12.3. The number of hydrogen-bond donors (Lipinski definition) is 2. The van der Waals surface area contributed by atoms with Crippen molar-refractivity contribution < 1.29 is 19.5 Å². The summed E-state index contributed by atoms with van der Waals surface area (Å²) in [5, 5.41) is 18.4. The van der Waals surface area contributed by atoms with Crippen molar-refractivity contribution in [3.8, 4) is 0 Å². The lowest BCUT2D eigenvalue weighted by Crippen LogP contribution is -2.45. The van der Waals surface area contributed by atoms with Gasteiger partial charge in [0.15, 0.2) is 5.69 Å². The lowest BCUT2D eigenvalue weighted by atomic mass is 10.2. The van der Waals surface area contributed by atoms with E-state index in [2.05, 4.69) is 15.6 Å². The summed E-state index contributed by atoms with van der Waals surface area (Å²) in [6, 6.07) is -0.503. The van der Waals surface area contributed by atoms with Crippen LogP contribution in [-0.4, -0.2) is 62.4 Å². The first-order valence-corrected chi connectivity index (χ1v) is 6.17. The molecule has 2 heterocycles. The van der Waals surface area contributed by atoms with Crippen LogP contribution in [0.15, 0.2) is 6.20 Å². The fourth-order valence-corrected chi connectivity index (χ4v) is 2.21. The number of nitrogens with zero attached hydrogens (tertiary/aromatic N) is 4. The number of amides is 2. The quantitative estimate of drug-likeness (QED) is 0.709. The van der Waals surface area contributed by atoms with E-state index < -0.39 is 17.9 Å². The molecule has 1 unspecified atom stereocenters. The molecule has 1 aliphatic rings. The third-order valence-corrected chi connectivity index (χ3v) is 3.12. The highest BCUT2D eigenvalue weighted by Gasteiger charge is 2.35. The van der Waals surface area contributed by atoms with Crippen molar-refractivity contribution in [2.24, 2.45) is 0 Å². The van der Waals surface area contributed by atoms with Gasteiger partial charge in [-0.15, -0.1) is 5.10 Å². The van der Waals surface area contributed by atoms with Crippen molar-refractivity contribution >= 4 is 17.8 Å². The molecule has 1 aromatic rings. The second kappa shape index (κ2) is 5.68. The summed E-state index contributed by atoms with van der Waals surface area (Å²) < 4.78 is 1.07. The predicted octanol–water partition coefficient (Wildman–Crippen LogP) is -1.29. The molecule has 1 atom stereocenters. The molecule has 2 amide bonds. The highest BCUT2D eigenvalue weighted by atomic mass is 16.4. The maximum Gasteiger partial charge on any atom is 0.325 e. The van der Waals surface area contributed by atoms with Crippen molar-refractivity contribution in [1.82, 2.24) is 25.2 Å². The lowest BCUT2D eigenvalue weighted by molar-refractivity contribution is -0.138. The van der Waals surface area contributed by atoms with Gasteiger partial charge in [0.05, 0.1) is 6.20 Å². The summed E-state index contributed by atoms with van der Waals surface area (Å²) >= 11 is 0. The Morgan fingerprint density at radius 2 is 2.25 bits per heavy atom. The van der Waals surface area contributed by atoms with Crippen LogP contribution >= 0.6 is 0 Å². The van der Waals surface area contributed by atoms with E-state index in [4.69, 9.17) is 5.11 Å². The van der Waals surface area contributed by atoms with Crippen LogP contribution in [0.1, 0.15) is 23.3 Å². The van der Waals surface area contributed by atoms with Crippen LogP contribution < -0.4 is 5.32 Å². The van der Waals surface area contributed by atoms with Gasteiger partial charge in [-0.1, -0.05) is 5.21 Å². The molecule has 0 aliphatic carbocycles. The summed E-state index contributed by atoms with van der Waals surface area (Å²) in [6.07, 6.45) is 2.62. The van der Waals surface area contributed by atoms with Crippen molar-refractivity contribution in [3.63, 3.8) is 0 Å². The highest BCUT2D eigenvalue weighted by molar-refractivity contribution is 5.96. The molecule has 20 heavy (non-hydrogen) atoms. The zero-order chi connectivity index (χ0) is 14.7. The molecule has 108 valence electrons. The van der Waals surface area contributed by atoms with E-state index in [1.807, 2.05) is 0 Å². The van der Waals surface area contributed by atoms with Crippen LogP contribution in [0.3, 0.4) is 0 Å². The largest absolute Gasteiger partial charge is 0.480 e. The zero-order valence-electron chi connectivity index (χ0n) is 10.9. The number of likely N-dealkylation sites (tertiary alicyclic amines) is 1. The van der Waals surface area contributed by atoms with E-state index >= 15 is 0 Å². The SMILES string of the molecule is CNC(=O)C1CCCN1C(=O)c1cn(CC(=O)O)nn1. The molecule has 9 heteroatoms. The molecule has 1 saturated heterocycles. The first kappa shape index (κ1) is 14.0. The summed E-state index contributed by atoms with van der Waals surface area (Å²) in [5.74, 6) is -1.69. The second-order valence-electron chi connectivity index (χ2n) is 4.47. The van der Waals surface area contributed by atoms with Gasteiger partial charge in [0, 0.05) is 13.6 Å². The van der Waals surface area contributed by atoms with Crippen LogP contribution in [0.2, 0.25) is 0 Å². The van der Waals surface area contributed by atoms with Gasteiger partial charge < -0.3 is 15.3 Å². The number of aliphatic carboxylic acids is 1. The molecule has 0 aromatic carbocycles. The van der Waals surface area contributed by atoms with Gasteiger partial charge in [0.25, 0.3) is 5.91 Å². The van der Waals surface area contributed by atoms with Crippen molar-refractivity contribution in [3.05, 3.63) is 11.9 Å². The second-order valence-corrected chi connectivity index (χ2v) is 4.47. The Kier molecular flexibility index (Phi) is 3.97. The van der Waals surface area contributed by atoms with Crippen LogP contribution in [-0.2, 0) is 16.1 Å². The van der Waals surface area contributed by atoms with Crippen LogP contribution in [0.5, 0.6) is 0 Å². The van der Waals surface area contributed by atoms with Gasteiger partial charge >= 0.3 is 5.97 Å². The molecule has 0 spiro atoms. The number of aromatic nitrogens is 3. The first-order valence-electron chi connectivity index (χ1n) is 6.17. The topological polar surface area (TPSA) is 117 Å². The number of carbonyl (C=O) groups is 3. The smallest absolute Gasteiger partial charge is 0.325 e.